The van der Waals surface area contributed by atoms with Crippen molar-refractivity contribution in [1.82, 2.24) is 15.3 Å². The average molecular weight is 437 g/mol. The minimum absolute atomic E-state index is 0.855. The number of imidazole rings is 1. The third-order valence-corrected chi connectivity index (χ3v) is 7.00. The lowest BCUT2D eigenvalue weighted by molar-refractivity contribution is 0.667. The number of H-pyrrole nitrogens is 1. The molecule has 0 bridgehead atoms. The fourth-order valence-electron chi connectivity index (χ4n) is 2.56. The van der Waals surface area contributed by atoms with E-state index in [1.54, 1.807) is 11.3 Å². The van der Waals surface area contributed by atoms with Gasteiger partial charge in [0.15, 0.2) is 0 Å². The van der Waals surface area contributed by atoms with E-state index in [0.717, 1.165) is 55.0 Å². The minimum atomic E-state index is 0.855. The largest absolute Gasteiger partial charge is 0.356 e. The highest BCUT2D eigenvalue weighted by Gasteiger charge is 2.13. The number of anilines is 1. The number of aryl methyl sites for hydroxylation is 1. The Morgan fingerprint density at radius 3 is 2.92 bits per heavy atom. The van der Waals surface area contributed by atoms with E-state index in [2.05, 4.69) is 66.1 Å². The zero-order chi connectivity index (χ0) is 17.6. The van der Waals surface area contributed by atoms with Crippen LogP contribution in [0.5, 0.6) is 0 Å². The van der Waals surface area contributed by atoms with Crippen molar-refractivity contribution in [2.75, 3.05) is 18.4 Å². The Kier molecular flexibility index (Phi) is 6.54. The first-order valence-corrected chi connectivity index (χ1v) is 10.9. The Balaban J connectivity index is 1.43. The van der Waals surface area contributed by atoms with Crippen LogP contribution in [-0.2, 0) is 13.0 Å². The molecule has 0 aliphatic rings. The smallest absolute Gasteiger partial charge is 0.201 e. The lowest BCUT2D eigenvalue weighted by Crippen LogP contribution is -2.17. The number of fused-ring (bicyclic) bond motifs is 1. The predicted octanol–water partition coefficient (Wildman–Crippen LogP) is 4.97. The molecule has 0 spiro atoms. The summed E-state index contributed by atoms with van der Waals surface area (Å²) in [5.41, 5.74) is 3.28. The molecule has 0 aliphatic heterocycles. The van der Waals surface area contributed by atoms with Gasteiger partial charge in [-0.05, 0) is 42.2 Å². The molecule has 3 heterocycles. The van der Waals surface area contributed by atoms with Gasteiger partial charge in [-0.1, -0.05) is 12.8 Å². The maximum atomic E-state index is 4.50. The number of nitrogens with one attached hydrogen (secondary N) is 3. The Hall–Kier alpha value is -1.33. The number of thiophene rings is 2. The van der Waals surface area contributed by atoms with Crippen molar-refractivity contribution >= 4 is 55.6 Å². The molecule has 0 saturated carbocycles. The van der Waals surface area contributed by atoms with Crippen LogP contribution >= 0.6 is 38.6 Å². The normalized spacial score (nSPS) is 10.8. The average Bonchev–Trinajstić information content (AvgIpc) is 3.26. The van der Waals surface area contributed by atoms with Crippen molar-refractivity contribution in [3.05, 3.63) is 30.6 Å². The van der Waals surface area contributed by atoms with E-state index in [1.165, 1.54) is 14.2 Å². The molecular weight excluding hydrogens is 416 g/mol. The number of hydrogen-bond donors (Lipinski definition) is 3. The molecule has 0 radical (unpaired) electrons. The second kappa shape index (κ2) is 8.86. The second-order valence-corrected chi connectivity index (χ2v) is 8.31. The van der Waals surface area contributed by atoms with Gasteiger partial charge in [0.25, 0.3) is 0 Å². The zero-order valence-corrected chi connectivity index (χ0v) is 17.6. The van der Waals surface area contributed by atoms with Crippen molar-refractivity contribution in [2.24, 2.45) is 0 Å². The molecule has 4 nitrogen and oxygen atoms in total. The predicted molar refractivity (Wildman–Crippen MR) is 113 cm³/mol. The number of nitrogens with zero attached hydrogens (tertiary/aromatic N) is 1. The summed E-state index contributed by atoms with van der Waals surface area (Å²) in [6, 6.07) is 0. The maximum Gasteiger partial charge on any atom is 0.201 e. The van der Waals surface area contributed by atoms with Crippen LogP contribution < -0.4 is 10.6 Å². The van der Waals surface area contributed by atoms with Crippen molar-refractivity contribution < 1.29 is 0 Å². The highest BCUT2D eigenvalue weighted by atomic mass is 79.9. The van der Waals surface area contributed by atoms with Gasteiger partial charge in [-0.25, -0.2) is 4.98 Å². The van der Waals surface area contributed by atoms with Crippen LogP contribution in [0.1, 0.15) is 35.6 Å². The molecule has 0 aliphatic carbocycles. The molecule has 3 rings (SSSR count). The highest BCUT2D eigenvalue weighted by Crippen LogP contribution is 2.33. The van der Waals surface area contributed by atoms with Crippen LogP contribution in [0.2, 0.25) is 0 Å². The fraction of sp³-hybridized carbons (Fsp3) is 0.389. The molecule has 0 unspecified atom stereocenters. The molecule has 0 atom stereocenters. The number of halogens is 1. The van der Waals surface area contributed by atoms with Gasteiger partial charge in [0.05, 0.1) is 11.1 Å². The van der Waals surface area contributed by atoms with Crippen LogP contribution in [0.4, 0.5) is 5.95 Å². The summed E-state index contributed by atoms with van der Waals surface area (Å²) in [6.45, 7) is 6.78. The summed E-state index contributed by atoms with van der Waals surface area (Å²) in [5, 5.41) is 11.0. The molecule has 3 aromatic heterocycles. The molecule has 0 aromatic carbocycles. The number of aromatic amines is 1. The second-order valence-electron chi connectivity index (χ2n) is 5.58. The van der Waals surface area contributed by atoms with E-state index in [4.69, 9.17) is 0 Å². The molecule has 0 saturated heterocycles. The first-order valence-electron chi connectivity index (χ1n) is 8.32. The molecule has 3 aromatic rings. The Bertz CT molecular complexity index is 869. The standard InChI is InChI=1S/C18H21BrN4S2/c1-3-6-12-16(25-15(4-2)17(12)19)9-20-7-5-8-21-18-22-13-10-24-11-14(13)23-18/h10-11,20H,4-5,7-9H2,1-2H3,(H2,21,22,23). The van der Waals surface area contributed by atoms with Gasteiger partial charge in [0.1, 0.15) is 5.52 Å². The summed E-state index contributed by atoms with van der Waals surface area (Å²) in [7, 11) is 0. The van der Waals surface area contributed by atoms with Crippen molar-refractivity contribution in [1.29, 1.82) is 0 Å². The Labute approximate surface area is 164 Å². The maximum absolute atomic E-state index is 4.50. The van der Waals surface area contributed by atoms with E-state index in [9.17, 15) is 0 Å². The van der Waals surface area contributed by atoms with Crippen LogP contribution in [0.25, 0.3) is 11.0 Å². The van der Waals surface area contributed by atoms with Gasteiger partial charge in [-0.2, -0.15) is 0 Å². The van der Waals surface area contributed by atoms with Crippen LogP contribution in [0, 0.1) is 11.8 Å². The van der Waals surface area contributed by atoms with Gasteiger partial charge in [0.2, 0.25) is 5.95 Å². The van der Waals surface area contributed by atoms with Gasteiger partial charge in [-0.15, -0.1) is 28.6 Å². The van der Waals surface area contributed by atoms with Crippen molar-refractivity contribution in [3.8, 4) is 11.8 Å². The molecule has 25 heavy (non-hydrogen) atoms. The number of hydrogen-bond acceptors (Lipinski definition) is 5. The Morgan fingerprint density at radius 2 is 2.16 bits per heavy atom. The third kappa shape index (κ3) is 4.45. The first kappa shape index (κ1) is 18.5. The molecule has 132 valence electrons. The first-order chi connectivity index (χ1) is 12.2. The van der Waals surface area contributed by atoms with Crippen molar-refractivity contribution in [2.45, 2.75) is 33.2 Å². The van der Waals surface area contributed by atoms with Gasteiger partial charge >= 0.3 is 0 Å². The summed E-state index contributed by atoms with van der Waals surface area (Å²) in [4.78, 5) is 10.5. The van der Waals surface area contributed by atoms with Gasteiger partial charge in [0, 0.05) is 38.1 Å². The number of aromatic nitrogens is 2. The van der Waals surface area contributed by atoms with Gasteiger partial charge in [-0.3, -0.25) is 0 Å². The minimum Gasteiger partial charge on any atom is -0.356 e. The highest BCUT2D eigenvalue weighted by molar-refractivity contribution is 9.10. The van der Waals surface area contributed by atoms with Crippen LogP contribution in [-0.4, -0.2) is 23.1 Å². The third-order valence-electron chi connectivity index (χ3n) is 3.80. The van der Waals surface area contributed by atoms with Crippen LogP contribution in [0.15, 0.2) is 15.2 Å². The van der Waals surface area contributed by atoms with Gasteiger partial charge < -0.3 is 15.6 Å². The topological polar surface area (TPSA) is 52.7 Å². The Morgan fingerprint density at radius 1 is 1.28 bits per heavy atom. The SMILES string of the molecule is CC#Cc1c(CNCCCNc2nc3cscc3[nH]2)sc(CC)c1Br. The summed E-state index contributed by atoms with van der Waals surface area (Å²) < 4.78 is 1.17. The lowest BCUT2D eigenvalue weighted by Gasteiger charge is -2.05. The molecule has 0 fully saturated rings. The molecule has 0 amide bonds. The van der Waals surface area contributed by atoms with Crippen LogP contribution in [0.3, 0.4) is 0 Å². The molecular formula is C18H21BrN4S2. The quantitative estimate of drug-likeness (QED) is 0.344. The van der Waals surface area contributed by atoms with E-state index in [-0.39, 0.29) is 0 Å². The van der Waals surface area contributed by atoms with E-state index in [1.807, 2.05) is 18.3 Å². The summed E-state index contributed by atoms with van der Waals surface area (Å²) in [6.07, 6.45) is 2.07. The summed E-state index contributed by atoms with van der Waals surface area (Å²) in [5.74, 6) is 7.11. The van der Waals surface area contributed by atoms with E-state index >= 15 is 0 Å². The monoisotopic (exact) mass is 436 g/mol. The van der Waals surface area contributed by atoms with E-state index < -0.39 is 0 Å². The van der Waals surface area contributed by atoms with Crippen molar-refractivity contribution in [3.63, 3.8) is 0 Å². The fourth-order valence-corrected chi connectivity index (χ4v) is 5.31. The molecule has 3 N–H and O–H groups in total. The number of rotatable bonds is 8. The molecule has 7 heteroatoms. The summed E-state index contributed by atoms with van der Waals surface area (Å²) >= 11 is 7.21. The lowest BCUT2D eigenvalue weighted by atomic mass is 10.2. The zero-order valence-electron chi connectivity index (χ0n) is 14.3. The van der Waals surface area contributed by atoms with E-state index in [0.29, 0.717) is 0 Å².